The van der Waals surface area contributed by atoms with Gasteiger partial charge in [-0.05, 0) is 37.5 Å². The lowest BCUT2D eigenvalue weighted by Crippen LogP contribution is -2.34. The van der Waals surface area contributed by atoms with Gasteiger partial charge in [0.2, 0.25) is 11.8 Å². The van der Waals surface area contributed by atoms with E-state index in [0.29, 0.717) is 22.4 Å². The molecule has 1 aromatic carbocycles. The first kappa shape index (κ1) is 18.6. The van der Waals surface area contributed by atoms with Gasteiger partial charge in [0.25, 0.3) is 0 Å². The SMILES string of the molecule is COc1ccc(C)cc1NC(=O)CNC(=O)CSC1CCCCC1. The Hall–Kier alpha value is -1.69. The van der Waals surface area contributed by atoms with E-state index in [-0.39, 0.29) is 18.4 Å². The molecule has 0 aromatic heterocycles. The highest BCUT2D eigenvalue weighted by Gasteiger charge is 2.15. The molecule has 0 radical (unpaired) electrons. The van der Waals surface area contributed by atoms with Gasteiger partial charge in [-0.1, -0.05) is 25.3 Å². The minimum atomic E-state index is -0.255. The molecule has 2 amide bonds. The second-order valence-electron chi connectivity index (χ2n) is 6.10. The number of methoxy groups -OCH3 is 1. The van der Waals surface area contributed by atoms with Crippen LogP contribution in [0.4, 0.5) is 5.69 Å². The summed E-state index contributed by atoms with van der Waals surface area (Å²) in [5.74, 6) is 0.686. The van der Waals surface area contributed by atoms with Gasteiger partial charge in [0.05, 0.1) is 25.1 Å². The Kier molecular flexibility index (Phi) is 7.43. The number of thioether (sulfide) groups is 1. The van der Waals surface area contributed by atoms with Gasteiger partial charge >= 0.3 is 0 Å². The maximum atomic E-state index is 12.0. The Morgan fingerprint density at radius 3 is 2.67 bits per heavy atom. The number of carbonyl (C=O) groups excluding carboxylic acids is 2. The molecule has 0 atom stereocenters. The first-order valence-corrected chi connectivity index (χ1v) is 9.46. The summed E-state index contributed by atoms with van der Waals surface area (Å²) in [5, 5.41) is 6.05. The first-order valence-electron chi connectivity index (χ1n) is 8.41. The molecule has 1 aromatic rings. The number of rotatable bonds is 7. The van der Waals surface area contributed by atoms with E-state index < -0.39 is 0 Å². The lowest BCUT2D eigenvalue weighted by atomic mass is 10.0. The number of anilines is 1. The van der Waals surface area contributed by atoms with Crippen LogP contribution in [0.2, 0.25) is 0 Å². The summed E-state index contributed by atoms with van der Waals surface area (Å²) in [4.78, 5) is 23.9. The van der Waals surface area contributed by atoms with Crippen LogP contribution in [-0.2, 0) is 9.59 Å². The molecule has 1 saturated carbocycles. The van der Waals surface area contributed by atoms with E-state index in [2.05, 4.69) is 10.6 Å². The number of hydrogen-bond acceptors (Lipinski definition) is 4. The predicted molar refractivity (Wildman–Crippen MR) is 98.7 cm³/mol. The Morgan fingerprint density at radius 1 is 1.21 bits per heavy atom. The van der Waals surface area contributed by atoms with Gasteiger partial charge in [-0.3, -0.25) is 9.59 Å². The highest BCUT2D eigenvalue weighted by Crippen LogP contribution is 2.28. The van der Waals surface area contributed by atoms with Crippen molar-refractivity contribution < 1.29 is 14.3 Å². The fourth-order valence-electron chi connectivity index (χ4n) is 2.77. The summed E-state index contributed by atoms with van der Waals surface area (Å²) in [6.07, 6.45) is 6.24. The molecule has 24 heavy (non-hydrogen) atoms. The van der Waals surface area contributed by atoms with Gasteiger partial charge in [-0.25, -0.2) is 0 Å². The zero-order valence-electron chi connectivity index (χ0n) is 14.4. The molecule has 2 N–H and O–H groups in total. The number of hydrogen-bond donors (Lipinski definition) is 2. The number of amides is 2. The maximum Gasteiger partial charge on any atom is 0.243 e. The van der Waals surface area contributed by atoms with Gasteiger partial charge in [0.15, 0.2) is 0 Å². The fraction of sp³-hybridized carbons (Fsp3) is 0.556. The lowest BCUT2D eigenvalue weighted by Gasteiger charge is -2.20. The number of benzene rings is 1. The van der Waals surface area contributed by atoms with Crippen LogP contribution in [0.5, 0.6) is 5.75 Å². The second kappa shape index (κ2) is 9.57. The molecule has 5 nitrogen and oxygen atoms in total. The Bertz CT molecular complexity index is 571. The van der Waals surface area contributed by atoms with Crippen LogP contribution in [0.3, 0.4) is 0 Å². The zero-order chi connectivity index (χ0) is 17.4. The fourth-order valence-corrected chi connectivity index (χ4v) is 3.92. The number of nitrogens with one attached hydrogen (secondary N) is 2. The van der Waals surface area contributed by atoms with Crippen molar-refractivity contribution in [3.8, 4) is 5.75 Å². The van der Waals surface area contributed by atoms with Crippen molar-refractivity contribution in [3.05, 3.63) is 23.8 Å². The van der Waals surface area contributed by atoms with Gasteiger partial charge < -0.3 is 15.4 Å². The summed E-state index contributed by atoms with van der Waals surface area (Å²) >= 11 is 1.71. The quantitative estimate of drug-likeness (QED) is 0.793. The van der Waals surface area contributed by atoms with Gasteiger partial charge in [0, 0.05) is 5.25 Å². The third-order valence-electron chi connectivity index (χ3n) is 4.08. The van der Waals surface area contributed by atoms with Crippen molar-refractivity contribution in [3.63, 3.8) is 0 Å². The van der Waals surface area contributed by atoms with Crippen molar-refractivity contribution in [1.29, 1.82) is 0 Å². The normalized spacial score (nSPS) is 14.9. The van der Waals surface area contributed by atoms with Gasteiger partial charge in [-0.2, -0.15) is 0 Å². The molecule has 132 valence electrons. The van der Waals surface area contributed by atoms with Crippen molar-refractivity contribution in [2.45, 2.75) is 44.3 Å². The molecule has 0 unspecified atom stereocenters. The molecule has 0 bridgehead atoms. The Balaban J connectivity index is 1.72. The van der Waals surface area contributed by atoms with E-state index in [4.69, 9.17) is 4.74 Å². The van der Waals surface area contributed by atoms with E-state index in [1.165, 1.54) is 32.1 Å². The predicted octanol–water partition coefficient (Wildman–Crippen LogP) is 3.12. The number of aryl methyl sites for hydroxylation is 1. The minimum Gasteiger partial charge on any atom is -0.495 e. The molecule has 0 aliphatic heterocycles. The van der Waals surface area contributed by atoms with Crippen molar-refractivity contribution in [2.24, 2.45) is 0 Å². The molecular weight excluding hydrogens is 324 g/mol. The van der Waals surface area contributed by atoms with Crippen LogP contribution in [-0.4, -0.2) is 36.5 Å². The summed E-state index contributed by atoms with van der Waals surface area (Å²) in [5.41, 5.74) is 1.65. The Morgan fingerprint density at radius 2 is 1.96 bits per heavy atom. The molecule has 1 aliphatic carbocycles. The van der Waals surface area contributed by atoms with Crippen LogP contribution in [0, 0.1) is 6.92 Å². The van der Waals surface area contributed by atoms with Crippen molar-refractivity contribution in [1.82, 2.24) is 5.32 Å². The summed E-state index contributed by atoms with van der Waals surface area (Å²) < 4.78 is 5.23. The molecule has 1 fully saturated rings. The van der Waals surface area contributed by atoms with Crippen LogP contribution in [0.25, 0.3) is 0 Å². The van der Waals surface area contributed by atoms with Crippen LogP contribution in [0.1, 0.15) is 37.7 Å². The average Bonchev–Trinajstić information content (AvgIpc) is 2.59. The first-order chi connectivity index (χ1) is 11.6. The van der Waals surface area contributed by atoms with Crippen molar-refractivity contribution in [2.75, 3.05) is 24.7 Å². The largest absolute Gasteiger partial charge is 0.495 e. The smallest absolute Gasteiger partial charge is 0.243 e. The Labute approximate surface area is 147 Å². The molecule has 1 aliphatic rings. The van der Waals surface area contributed by atoms with E-state index in [0.717, 1.165) is 5.56 Å². The number of carbonyl (C=O) groups is 2. The van der Waals surface area contributed by atoms with E-state index in [1.54, 1.807) is 18.9 Å². The van der Waals surface area contributed by atoms with Crippen LogP contribution < -0.4 is 15.4 Å². The minimum absolute atomic E-state index is 0.0266. The lowest BCUT2D eigenvalue weighted by molar-refractivity contribution is -0.122. The molecule has 6 heteroatoms. The highest BCUT2D eigenvalue weighted by molar-refractivity contribution is 8.00. The summed E-state index contributed by atoms with van der Waals surface area (Å²) in [7, 11) is 1.56. The highest BCUT2D eigenvalue weighted by atomic mass is 32.2. The average molecular weight is 350 g/mol. The third kappa shape index (κ3) is 6.07. The van der Waals surface area contributed by atoms with E-state index >= 15 is 0 Å². The molecule has 0 heterocycles. The molecule has 0 spiro atoms. The topological polar surface area (TPSA) is 67.4 Å². The zero-order valence-corrected chi connectivity index (χ0v) is 15.2. The van der Waals surface area contributed by atoms with Crippen LogP contribution in [0.15, 0.2) is 18.2 Å². The van der Waals surface area contributed by atoms with Gasteiger partial charge in [-0.15, -0.1) is 11.8 Å². The van der Waals surface area contributed by atoms with Crippen LogP contribution >= 0.6 is 11.8 Å². The number of ether oxygens (including phenoxy) is 1. The molecule has 2 rings (SSSR count). The third-order valence-corrected chi connectivity index (χ3v) is 5.45. The molecule has 0 saturated heterocycles. The second-order valence-corrected chi connectivity index (χ2v) is 7.39. The molecular formula is C18H26N2O3S. The standard InChI is InChI=1S/C18H26N2O3S/c1-13-8-9-16(23-2)15(10-13)20-17(21)11-19-18(22)12-24-14-6-4-3-5-7-14/h8-10,14H,3-7,11-12H2,1-2H3,(H,19,22)(H,20,21). The van der Waals surface area contributed by atoms with E-state index in [1.807, 2.05) is 25.1 Å². The monoisotopic (exact) mass is 350 g/mol. The summed E-state index contributed by atoms with van der Waals surface area (Å²) in [6.45, 7) is 1.92. The van der Waals surface area contributed by atoms with Crippen molar-refractivity contribution >= 4 is 29.3 Å². The van der Waals surface area contributed by atoms with Gasteiger partial charge in [0.1, 0.15) is 5.75 Å². The maximum absolute atomic E-state index is 12.0. The van der Waals surface area contributed by atoms with E-state index in [9.17, 15) is 9.59 Å². The summed E-state index contributed by atoms with van der Waals surface area (Å²) in [6, 6.07) is 5.57.